The fraction of sp³-hybridized carbons (Fsp3) is 0.364. The summed E-state index contributed by atoms with van der Waals surface area (Å²) in [5, 5.41) is 3.40. The topological polar surface area (TPSA) is 38.1 Å². The Morgan fingerprint density at radius 1 is 1.47 bits per heavy atom. The van der Waals surface area contributed by atoms with Gasteiger partial charge in [-0.15, -0.1) is 11.3 Å². The molecule has 90 valence electrons. The lowest BCUT2D eigenvalue weighted by molar-refractivity contribution is 0.569. The normalized spacial score (nSPS) is 15.4. The van der Waals surface area contributed by atoms with Gasteiger partial charge in [0.2, 0.25) is 0 Å². The fourth-order valence-electron chi connectivity index (χ4n) is 1.64. The molecule has 6 heteroatoms. The smallest absolute Gasteiger partial charge is 0.181 e. The van der Waals surface area contributed by atoms with Crippen LogP contribution in [0.25, 0.3) is 11.3 Å². The van der Waals surface area contributed by atoms with Gasteiger partial charge in [0.1, 0.15) is 10.0 Å². The Labute approximate surface area is 113 Å². The van der Waals surface area contributed by atoms with Crippen molar-refractivity contribution < 1.29 is 4.42 Å². The summed E-state index contributed by atoms with van der Waals surface area (Å²) in [4.78, 5) is 4.22. The van der Waals surface area contributed by atoms with Crippen molar-refractivity contribution in [3.8, 4) is 11.3 Å². The molecule has 0 aliphatic heterocycles. The zero-order valence-corrected chi connectivity index (χ0v) is 11.2. The Balaban J connectivity index is 1.86. The zero-order chi connectivity index (χ0) is 11.8. The average Bonchev–Trinajstić information content (AvgIpc) is 2.91. The molecule has 1 N–H and O–H groups in total. The van der Waals surface area contributed by atoms with Gasteiger partial charge in [-0.05, 0) is 18.9 Å². The fourth-order valence-corrected chi connectivity index (χ4v) is 3.10. The first-order chi connectivity index (χ1) is 8.24. The van der Waals surface area contributed by atoms with E-state index in [1.165, 1.54) is 30.6 Å². The molecule has 0 spiro atoms. The van der Waals surface area contributed by atoms with Gasteiger partial charge in [-0.1, -0.05) is 23.2 Å². The molecule has 0 amide bonds. The minimum Gasteiger partial charge on any atom is -0.443 e. The van der Waals surface area contributed by atoms with Crippen LogP contribution in [0.4, 0.5) is 0 Å². The lowest BCUT2D eigenvalue weighted by atomic mass is 10.2. The Kier molecular flexibility index (Phi) is 3.13. The van der Waals surface area contributed by atoms with E-state index in [1.807, 2.05) is 6.07 Å². The Morgan fingerprint density at radius 3 is 2.94 bits per heavy atom. The van der Waals surface area contributed by atoms with Crippen molar-refractivity contribution in [2.75, 3.05) is 0 Å². The summed E-state index contributed by atoms with van der Waals surface area (Å²) in [5.74, 6) is 0.714. The summed E-state index contributed by atoms with van der Waals surface area (Å²) in [6, 6.07) is 2.46. The van der Waals surface area contributed by atoms with Crippen LogP contribution in [0.3, 0.4) is 0 Å². The largest absolute Gasteiger partial charge is 0.443 e. The number of nitrogens with zero attached hydrogens (tertiary/aromatic N) is 1. The second kappa shape index (κ2) is 4.61. The summed E-state index contributed by atoms with van der Waals surface area (Å²) in [6.07, 6.45) is 3.94. The van der Waals surface area contributed by atoms with E-state index < -0.39 is 0 Å². The average molecular weight is 289 g/mol. The van der Waals surface area contributed by atoms with E-state index in [9.17, 15) is 0 Å². The first-order valence-electron chi connectivity index (χ1n) is 5.35. The molecule has 2 heterocycles. The van der Waals surface area contributed by atoms with Crippen molar-refractivity contribution >= 4 is 34.5 Å². The third-order valence-electron chi connectivity index (χ3n) is 2.68. The molecule has 0 atom stereocenters. The second-order valence-corrected chi connectivity index (χ2v) is 6.31. The second-order valence-electron chi connectivity index (χ2n) is 4.02. The summed E-state index contributed by atoms with van der Waals surface area (Å²) < 4.78 is 6.70. The highest BCUT2D eigenvalue weighted by atomic mass is 35.5. The molecule has 3 nitrogen and oxygen atoms in total. The van der Waals surface area contributed by atoms with Crippen molar-refractivity contribution in [1.82, 2.24) is 10.3 Å². The van der Waals surface area contributed by atoms with Crippen LogP contribution in [0, 0.1) is 0 Å². The van der Waals surface area contributed by atoms with E-state index in [2.05, 4.69) is 10.3 Å². The monoisotopic (exact) mass is 288 g/mol. The molecule has 0 unspecified atom stereocenters. The molecule has 1 aliphatic rings. The van der Waals surface area contributed by atoms with E-state index in [4.69, 9.17) is 27.6 Å². The minimum absolute atomic E-state index is 0.638. The van der Waals surface area contributed by atoms with E-state index in [-0.39, 0.29) is 0 Å². The molecule has 1 fully saturated rings. The molecule has 1 aliphatic carbocycles. The Morgan fingerprint density at radius 2 is 2.29 bits per heavy atom. The molecule has 0 bridgehead atoms. The quantitative estimate of drug-likeness (QED) is 0.925. The van der Waals surface area contributed by atoms with Crippen LogP contribution in [-0.2, 0) is 6.54 Å². The van der Waals surface area contributed by atoms with E-state index in [0.717, 1.165) is 11.3 Å². The first kappa shape index (κ1) is 11.5. The highest BCUT2D eigenvalue weighted by Gasteiger charge is 2.22. The third-order valence-corrected chi connectivity index (χ3v) is 4.17. The number of nitrogens with one attached hydrogen (secondary N) is 1. The number of aromatic nitrogens is 1. The number of rotatable bonds is 4. The summed E-state index contributed by atoms with van der Waals surface area (Å²) in [7, 11) is 0. The molecule has 2 aromatic heterocycles. The van der Waals surface area contributed by atoms with Crippen LogP contribution in [0.5, 0.6) is 0 Å². The van der Waals surface area contributed by atoms with Crippen molar-refractivity contribution in [3.05, 3.63) is 26.8 Å². The van der Waals surface area contributed by atoms with Gasteiger partial charge in [0, 0.05) is 12.6 Å². The predicted octanol–water partition coefficient (Wildman–Crippen LogP) is 3.96. The van der Waals surface area contributed by atoms with E-state index in [1.54, 1.807) is 0 Å². The summed E-state index contributed by atoms with van der Waals surface area (Å²) in [5.41, 5.74) is 1.71. The van der Waals surface area contributed by atoms with E-state index in [0.29, 0.717) is 27.0 Å². The van der Waals surface area contributed by atoms with Crippen LogP contribution in [0.1, 0.15) is 18.5 Å². The molecule has 2 aromatic rings. The molecular weight excluding hydrogens is 279 g/mol. The number of halogens is 2. The van der Waals surface area contributed by atoms with E-state index >= 15 is 0 Å². The number of thiophene rings is 1. The van der Waals surface area contributed by atoms with Crippen molar-refractivity contribution in [2.24, 2.45) is 0 Å². The lowest BCUT2D eigenvalue weighted by Gasteiger charge is -2.01. The summed E-state index contributed by atoms with van der Waals surface area (Å²) >= 11 is 13.4. The van der Waals surface area contributed by atoms with Crippen LogP contribution in [0.15, 0.2) is 16.9 Å². The summed E-state index contributed by atoms with van der Waals surface area (Å²) in [6.45, 7) is 0.709. The van der Waals surface area contributed by atoms with Gasteiger partial charge in [0.25, 0.3) is 0 Å². The highest BCUT2D eigenvalue weighted by molar-refractivity contribution is 7.20. The zero-order valence-electron chi connectivity index (χ0n) is 8.87. The first-order valence-corrected chi connectivity index (χ1v) is 6.92. The van der Waals surface area contributed by atoms with Crippen LogP contribution >= 0.6 is 34.5 Å². The van der Waals surface area contributed by atoms with Crippen molar-refractivity contribution in [1.29, 1.82) is 0 Å². The SMILES string of the molecule is Clc1cc(-c2ocnc2CNC2CC2)c(Cl)s1. The predicted molar refractivity (Wildman–Crippen MR) is 69.7 cm³/mol. The maximum atomic E-state index is 6.11. The number of hydrogen-bond acceptors (Lipinski definition) is 4. The standard InChI is InChI=1S/C11H10Cl2N2OS/c12-9-3-7(11(13)17-9)10-8(15-5-16-10)4-14-6-1-2-6/h3,5-6,14H,1-2,4H2. The van der Waals surface area contributed by atoms with Gasteiger partial charge in [-0.3, -0.25) is 0 Å². The van der Waals surface area contributed by atoms with Crippen LogP contribution in [0.2, 0.25) is 8.67 Å². The minimum atomic E-state index is 0.638. The molecular formula is C11H10Cl2N2OS. The Bertz CT molecular complexity index is 533. The van der Waals surface area contributed by atoms with Gasteiger partial charge < -0.3 is 9.73 Å². The maximum absolute atomic E-state index is 6.11. The molecule has 0 aromatic carbocycles. The number of oxazole rings is 1. The van der Waals surface area contributed by atoms with Crippen LogP contribution in [-0.4, -0.2) is 11.0 Å². The molecule has 0 saturated heterocycles. The Hall–Kier alpha value is -0.550. The maximum Gasteiger partial charge on any atom is 0.181 e. The van der Waals surface area contributed by atoms with Gasteiger partial charge in [0.05, 0.1) is 9.90 Å². The van der Waals surface area contributed by atoms with Gasteiger partial charge in [-0.2, -0.15) is 0 Å². The number of hydrogen-bond donors (Lipinski definition) is 1. The third kappa shape index (κ3) is 2.50. The van der Waals surface area contributed by atoms with Crippen molar-refractivity contribution in [3.63, 3.8) is 0 Å². The van der Waals surface area contributed by atoms with Gasteiger partial charge in [-0.25, -0.2) is 4.98 Å². The highest BCUT2D eigenvalue weighted by Crippen LogP contribution is 2.39. The molecule has 0 radical (unpaired) electrons. The molecule has 17 heavy (non-hydrogen) atoms. The van der Waals surface area contributed by atoms with Gasteiger partial charge >= 0.3 is 0 Å². The van der Waals surface area contributed by atoms with Crippen LogP contribution < -0.4 is 5.32 Å². The van der Waals surface area contributed by atoms with Gasteiger partial charge in [0.15, 0.2) is 12.2 Å². The van der Waals surface area contributed by atoms with Crippen molar-refractivity contribution in [2.45, 2.75) is 25.4 Å². The molecule has 3 rings (SSSR count). The molecule has 1 saturated carbocycles. The lowest BCUT2D eigenvalue weighted by Crippen LogP contribution is -2.15.